The summed E-state index contributed by atoms with van der Waals surface area (Å²) in [4.78, 5) is 22.7. The van der Waals surface area contributed by atoms with Crippen LogP contribution in [0.5, 0.6) is 0 Å². The Hall–Kier alpha value is -2.76. The van der Waals surface area contributed by atoms with E-state index in [9.17, 15) is 9.18 Å². The standard InChI is InChI=1S/C20H22FN3O2/c1-20(2,3)26-19(25)24-12-9-15(10-13-24)18-22-11-8-17(23-18)14-4-6-16(21)7-5-14/h4-9,11H,10,12-13H2,1-3H3. The molecule has 0 saturated heterocycles. The molecule has 1 amide bonds. The Kier molecular flexibility index (Phi) is 5.02. The van der Waals surface area contributed by atoms with Crippen molar-refractivity contribution in [2.75, 3.05) is 13.1 Å². The van der Waals surface area contributed by atoms with Crippen molar-refractivity contribution in [1.29, 1.82) is 0 Å². The molecule has 0 saturated carbocycles. The first-order valence-electron chi connectivity index (χ1n) is 8.58. The quantitative estimate of drug-likeness (QED) is 0.806. The Morgan fingerprint density at radius 3 is 2.54 bits per heavy atom. The lowest BCUT2D eigenvalue weighted by Gasteiger charge is -2.29. The van der Waals surface area contributed by atoms with Crippen LogP contribution in [0, 0.1) is 5.82 Å². The first-order valence-corrected chi connectivity index (χ1v) is 8.58. The largest absolute Gasteiger partial charge is 0.444 e. The first kappa shape index (κ1) is 18.0. The van der Waals surface area contributed by atoms with Gasteiger partial charge in [-0.1, -0.05) is 6.08 Å². The zero-order valence-corrected chi connectivity index (χ0v) is 15.2. The molecule has 0 radical (unpaired) electrons. The number of benzene rings is 1. The van der Waals surface area contributed by atoms with Crippen LogP contribution in [0.2, 0.25) is 0 Å². The third kappa shape index (κ3) is 4.45. The number of halogens is 1. The van der Waals surface area contributed by atoms with Crippen LogP contribution in [0.25, 0.3) is 16.8 Å². The zero-order valence-electron chi connectivity index (χ0n) is 15.2. The fourth-order valence-corrected chi connectivity index (χ4v) is 2.66. The molecule has 0 fully saturated rings. The van der Waals surface area contributed by atoms with Gasteiger partial charge < -0.3 is 9.64 Å². The summed E-state index contributed by atoms with van der Waals surface area (Å²) in [5, 5.41) is 0. The number of amides is 1. The maximum atomic E-state index is 13.1. The molecular formula is C20H22FN3O2. The maximum Gasteiger partial charge on any atom is 0.410 e. The molecule has 0 atom stereocenters. The molecule has 1 aliphatic rings. The van der Waals surface area contributed by atoms with E-state index in [4.69, 9.17) is 4.74 Å². The van der Waals surface area contributed by atoms with Crippen LogP contribution in [0.15, 0.2) is 42.6 Å². The highest BCUT2D eigenvalue weighted by Crippen LogP contribution is 2.23. The van der Waals surface area contributed by atoms with Crippen molar-refractivity contribution >= 4 is 11.7 Å². The Balaban J connectivity index is 1.73. The van der Waals surface area contributed by atoms with Gasteiger partial charge in [0.15, 0.2) is 5.82 Å². The normalized spacial score (nSPS) is 14.8. The molecule has 0 spiro atoms. The first-order chi connectivity index (χ1) is 12.3. The number of aromatic nitrogens is 2. The van der Waals surface area contributed by atoms with E-state index in [0.717, 1.165) is 16.8 Å². The van der Waals surface area contributed by atoms with Crippen molar-refractivity contribution in [2.45, 2.75) is 32.8 Å². The van der Waals surface area contributed by atoms with Gasteiger partial charge in [0, 0.05) is 24.8 Å². The summed E-state index contributed by atoms with van der Waals surface area (Å²) >= 11 is 0. The topological polar surface area (TPSA) is 55.3 Å². The Labute approximate surface area is 152 Å². The lowest BCUT2D eigenvalue weighted by molar-refractivity contribution is 0.0270. The van der Waals surface area contributed by atoms with Crippen LogP contribution in [-0.4, -0.2) is 39.7 Å². The second-order valence-corrected chi connectivity index (χ2v) is 7.18. The van der Waals surface area contributed by atoms with E-state index in [0.29, 0.717) is 25.3 Å². The number of nitrogens with zero attached hydrogens (tertiary/aromatic N) is 3. The molecule has 0 bridgehead atoms. The number of carbonyl (C=O) groups is 1. The Bertz CT molecular complexity index is 826. The molecule has 1 aliphatic heterocycles. The van der Waals surface area contributed by atoms with E-state index in [2.05, 4.69) is 9.97 Å². The van der Waals surface area contributed by atoms with Crippen LogP contribution in [0.1, 0.15) is 33.0 Å². The molecule has 0 unspecified atom stereocenters. The molecule has 26 heavy (non-hydrogen) atoms. The molecule has 136 valence electrons. The summed E-state index contributed by atoms with van der Waals surface area (Å²) in [6.45, 7) is 6.58. The van der Waals surface area contributed by atoms with Crippen LogP contribution in [-0.2, 0) is 4.74 Å². The van der Waals surface area contributed by atoms with Crippen LogP contribution in [0.3, 0.4) is 0 Å². The maximum absolute atomic E-state index is 13.1. The highest BCUT2D eigenvalue weighted by Gasteiger charge is 2.24. The number of rotatable bonds is 2. The summed E-state index contributed by atoms with van der Waals surface area (Å²) in [5.41, 5.74) is 2.06. The van der Waals surface area contributed by atoms with Gasteiger partial charge >= 0.3 is 6.09 Å². The summed E-state index contributed by atoms with van der Waals surface area (Å²) in [6.07, 6.45) is 4.00. The predicted octanol–water partition coefficient (Wildman–Crippen LogP) is 4.31. The molecule has 1 aromatic heterocycles. The number of hydrogen-bond donors (Lipinski definition) is 0. The molecular weight excluding hydrogens is 333 g/mol. The van der Waals surface area contributed by atoms with Crippen molar-refractivity contribution in [1.82, 2.24) is 14.9 Å². The van der Waals surface area contributed by atoms with Gasteiger partial charge in [0.2, 0.25) is 0 Å². The fourth-order valence-electron chi connectivity index (χ4n) is 2.66. The number of hydrogen-bond acceptors (Lipinski definition) is 4. The van der Waals surface area contributed by atoms with E-state index in [1.807, 2.05) is 26.8 Å². The van der Waals surface area contributed by atoms with Gasteiger partial charge in [-0.15, -0.1) is 0 Å². The Morgan fingerprint density at radius 1 is 1.19 bits per heavy atom. The highest BCUT2D eigenvalue weighted by atomic mass is 19.1. The SMILES string of the molecule is CC(C)(C)OC(=O)N1CC=C(c2nccc(-c3ccc(F)cc3)n2)CC1. The van der Waals surface area contributed by atoms with Crippen molar-refractivity contribution in [3.8, 4) is 11.3 Å². The molecule has 6 heteroatoms. The smallest absolute Gasteiger partial charge is 0.410 e. The summed E-state index contributed by atoms with van der Waals surface area (Å²) in [5.74, 6) is 0.357. The molecule has 2 heterocycles. The third-order valence-corrected chi connectivity index (χ3v) is 3.94. The van der Waals surface area contributed by atoms with E-state index in [-0.39, 0.29) is 11.9 Å². The fraction of sp³-hybridized carbons (Fsp3) is 0.350. The third-order valence-electron chi connectivity index (χ3n) is 3.94. The van der Waals surface area contributed by atoms with Crippen molar-refractivity contribution in [3.05, 3.63) is 54.2 Å². The van der Waals surface area contributed by atoms with Crippen LogP contribution in [0.4, 0.5) is 9.18 Å². The van der Waals surface area contributed by atoms with E-state index in [1.165, 1.54) is 12.1 Å². The lowest BCUT2D eigenvalue weighted by Crippen LogP contribution is -2.39. The van der Waals surface area contributed by atoms with Gasteiger partial charge in [-0.05, 0) is 63.1 Å². The van der Waals surface area contributed by atoms with Crippen molar-refractivity contribution < 1.29 is 13.9 Å². The van der Waals surface area contributed by atoms with Crippen molar-refractivity contribution in [3.63, 3.8) is 0 Å². The summed E-state index contributed by atoms with van der Waals surface area (Å²) in [6, 6.07) is 8.01. The average Bonchev–Trinajstić information content (AvgIpc) is 2.61. The van der Waals surface area contributed by atoms with Gasteiger partial charge in [-0.2, -0.15) is 0 Å². The molecule has 0 aliphatic carbocycles. The van der Waals surface area contributed by atoms with E-state index in [1.54, 1.807) is 29.3 Å². The van der Waals surface area contributed by atoms with Crippen LogP contribution >= 0.6 is 0 Å². The van der Waals surface area contributed by atoms with E-state index < -0.39 is 5.60 Å². The highest BCUT2D eigenvalue weighted by molar-refractivity contribution is 5.71. The zero-order chi connectivity index (χ0) is 18.7. The second-order valence-electron chi connectivity index (χ2n) is 7.18. The average molecular weight is 355 g/mol. The summed E-state index contributed by atoms with van der Waals surface area (Å²) < 4.78 is 18.5. The van der Waals surface area contributed by atoms with E-state index >= 15 is 0 Å². The van der Waals surface area contributed by atoms with Crippen molar-refractivity contribution in [2.24, 2.45) is 0 Å². The minimum Gasteiger partial charge on any atom is -0.444 e. The number of ether oxygens (including phenoxy) is 1. The molecule has 5 nitrogen and oxygen atoms in total. The minimum atomic E-state index is -0.506. The summed E-state index contributed by atoms with van der Waals surface area (Å²) in [7, 11) is 0. The van der Waals surface area contributed by atoms with Gasteiger partial charge in [-0.25, -0.2) is 19.2 Å². The lowest BCUT2D eigenvalue weighted by atomic mass is 10.1. The molecule has 3 rings (SSSR count). The Morgan fingerprint density at radius 2 is 1.92 bits per heavy atom. The molecule has 1 aromatic carbocycles. The molecule has 0 N–H and O–H groups in total. The van der Waals surface area contributed by atoms with Gasteiger partial charge in [0.05, 0.1) is 5.69 Å². The van der Waals surface area contributed by atoms with Gasteiger partial charge in [0.25, 0.3) is 0 Å². The second kappa shape index (κ2) is 7.23. The van der Waals surface area contributed by atoms with Crippen LogP contribution < -0.4 is 0 Å². The monoisotopic (exact) mass is 355 g/mol. The van der Waals surface area contributed by atoms with Gasteiger partial charge in [0.1, 0.15) is 11.4 Å². The number of carbonyl (C=O) groups excluding carboxylic acids is 1. The predicted molar refractivity (Wildman–Crippen MR) is 97.8 cm³/mol. The molecule has 2 aromatic rings. The minimum absolute atomic E-state index is 0.278. The van der Waals surface area contributed by atoms with Gasteiger partial charge in [-0.3, -0.25) is 0 Å².